The average molecular weight is 572 g/mol. The number of hydrogen-bond acceptors (Lipinski definition) is 7. The third-order valence-corrected chi connectivity index (χ3v) is 7.68. The normalized spacial score (nSPS) is 15.7. The van der Waals surface area contributed by atoms with Gasteiger partial charge in [0.05, 0.1) is 31.8 Å². The molecule has 0 saturated carbocycles. The van der Waals surface area contributed by atoms with Crippen molar-refractivity contribution in [1.82, 2.24) is 10.2 Å². The maximum absolute atomic E-state index is 14.0. The highest BCUT2D eigenvalue weighted by Crippen LogP contribution is 2.25. The molecule has 1 heterocycles. The summed E-state index contributed by atoms with van der Waals surface area (Å²) in [6, 6.07) is 16.8. The summed E-state index contributed by atoms with van der Waals surface area (Å²) >= 11 is 0. The van der Waals surface area contributed by atoms with Crippen molar-refractivity contribution in [1.29, 1.82) is 0 Å². The number of amides is 2. The zero-order valence-corrected chi connectivity index (χ0v) is 24.3. The van der Waals surface area contributed by atoms with Crippen molar-refractivity contribution in [3.63, 3.8) is 0 Å². The highest BCUT2D eigenvalue weighted by atomic mass is 16.5. The van der Waals surface area contributed by atoms with Gasteiger partial charge in [-0.2, -0.15) is 0 Å². The monoisotopic (exact) mass is 571 g/mol. The Hall–Kier alpha value is -4.70. The molecule has 1 aliphatic heterocycles. The molecule has 0 radical (unpaired) electrons. The number of aliphatic imine (C=N–C) groups is 1. The van der Waals surface area contributed by atoms with E-state index >= 15 is 0 Å². The van der Waals surface area contributed by atoms with Gasteiger partial charge in [0.1, 0.15) is 17.1 Å². The number of carboxylic acid groups (broad SMARTS) is 1. The second-order valence-electron chi connectivity index (χ2n) is 10.6. The third-order valence-electron chi connectivity index (χ3n) is 7.68. The van der Waals surface area contributed by atoms with Gasteiger partial charge in [0.25, 0.3) is 0 Å². The molecule has 2 amide bonds. The van der Waals surface area contributed by atoms with Crippen LogP contribution in [0.2, 0.25) is 0 Å². The molecule has 3 aromatic rings. The van der Waals surface area contributed by atoms with E-state index in [9.17, 15) is 19.5 Å². The Bertz CT molecular complexity index is 1500. The zero-order chi connectivity index (χ0) is 30.6. The first-order valence-corrected chi connectivity index (χ1v) is 13.7. The number of hydrogen-bond donors (Lipinski definition) is 4. The lowest BCUT2D eigenvalue weighted by Gasteiger charge is -2.32. The number of aryl methyl sites for hydroxylation is 2. The molecule has 0 fully saturated rings. The maximum Gasteiger partial charge on any atom is 0.339 e. The van der Waals surface area contributed by atoms with E-state index in [-0.39, 0.29) is 36.2 Å². The Morgan fingerprint density at radius 1 is 1.10 bits per heavy atom. The second-order valence-corrected chi connectivity index (χ2v) is 10.6. The number of ether oxygens (including phenoxy) is 1. The number of carbonyl (C=O) groups is 3. The molecule has 10 heteroatoms. The van der Waals surface area contributed by atoms with Gasteiger partial charge >= 0.3 is 5.97 Å². The number of primary amides is 1. The highest BCUT2D eigenvalue weighted by molar-refractivity contribution is 5.95. The van der Waals surface area contributed by atoms with Gasteiger partial charge in [-0.1, -0.05) is 36.4 Å². The number of rotatable bonds is 11. The lowest BCUT2D eigenvalue weighted by Crippen LogP contribution is -2.52. The van der Waals surface area contributed by atoms with Gasteiger partial charge in [-0.25, -0.2) is 4.79 Å². The van der Waals surface area contributed by atoms with Crippen molar-refractivity contribution >= 4 is 23.6 Å². The molecule has 42 heavy (non-hydrogen) atoms. The van der Waals surface area contributed by atoms with Crippen LogP contribution in [0.15, 0.2) is 65.7 Å². The Morgan fingerprint density at radius 3 is 2.36 bits per heavy atom. The summed E-state index contributed by atoms with van der Waals surface area (Å²) in [6.07, 6.45) is 0.244. The van der Waals surface area contributed by atoms with E-state index in [0.717, 1.165) is 22.3 Å². The Balaban J connectivity index is 1.63. The fourth-order valence-electron chi connectivity index (χ4n) is 5.33. The van der Waals surface area contributed by atoms with Crippen LogP contribution in [0.1, 0.15) is 61.5 Å². The van der Waals surface area contributed by atoms with E-state index in [4.69, 9.17) is 21.2 Å². The summed E-state index contributed by atoms with van der Waals surface area (Å²) < 4.78 is 5.21. The van der Waals surface area contributed by atoms with Crippen molar-refractivity contribution < 1.29 is 24.2 Å². The lowest BCUT2D eigenvalue weighted by atomic mass is 9.93. The first-order valence-electron chi connectivity index (χ1n) is 13.7. The lowest BCUT2D eigenvalue weighted by molar-refractivity contribution is -0.134. The van der Waals surface area contributed by atoms with Crippen molar-refractivity contribution in [2.45, 2.75) is 51.9 Å². The van der Waals surface area contributed by atoms with Crippen LogP contribution < -0.4 is 21.5 Å². The van der Waals surface area contributed by atoms with Crippen LogP contribution in [0, 0.1) is 13.8 Å². The number of nitrogens with one attached hydrogen (secondary N) is 1. The summed E-state index contributed by atoms with van der Waals surface area (Å²) in [7, 11) is 1.41. The van der Waals surface area contributed by atoms with Gasteiger partial charge in [-0.15, -0.1) is 0 Å². The van der Waals surface area contributed by atoms with Crippen molar-refractivity contribution in [3.05, 3.63) is 99.6 Å². The minimum atomic E-state index is -1.13. The molecule has 1 aliphatic rings. The van der Waals surface area contributed by atoms with E-state index in [2.05, 4.69) is 5.32 Å². The predicted octanol–water partition coefficient (Wildman–Crippen LogP) is 3.14. The molecule has 0 aliphatic carbocycles. The number of amidine groups is 1. The molecular formula is C32H37N5O5. The largest absolute Gasteiger partial charge is 0.496 e. The third kappa shape index (κ3) is 6.60. The molecule has 220 valence electrons. The average Bonchev–Trinajstić information content (AvgIpc) is 3.47. The van der Waals surface area contributed by atoms with Crippen LogP contribution in [0.4, 0.5) is 0 Å². The SMILES string of the molecule is COc1ccc(CN(C(=O)C(N)Cc2c(C)cc(C(N)=O)cc2C)[C@@H](C)C2=NCC(c3ccccc3)N2)cc1C(=O)O. The smallest absolute Gasteiger partial charge is 0.339 e. The number of benzene rings is 3. The second kappa shape index (κ2) is 12.9. The Kier molecular flexibility index (Phi) is 9.27. The number of carboxylic acids is 1. The van der Waals surface area contributed by atoms with Crippen LogP contribution in [0.25, 0.3) is 0 Å². The fraction of sp³-hybridized carbons (Fsp3) is 0.312. The van der Waals surface area contributed by atoms with Crippen molar-refractivity contribution in [2.75, 3.05) is 13.7 Å². The molecular weight excluding hydrogens is 534 g/mol. The maximum atomic E-state index is 14.0. The molecule has 0 aromatic heterocycles. The van der Waals surface area contributed by atoms with Crippen LogP contribution in [0.5, 0.6) is 5.75 Å². The van der Waals surface area contributed by atoms with Gasteiger partial charge in [-0.3, -0.25) is 14.6 Å². The highest BCUT2D eigenvalue weighted by Gasteiger charge is 2.32. The van der Waals surface area contributed by atoms with E-state index in [0.29, 0.717) is 23.5 Å². The minimum absolute atomic E-state index is 0.000569. The van der Waals surface area contributed by atoms with E-state index < -0.39 is 24.0 Å². The summed E-state index contributed by atoms with van der Waals surface area (Å²) in [4.78, 5) is 44.0. The van der Waals surface area contributed by atoms with E-state index in [1.165, 1.54) is 13.2 Å². The summed E-state index contributed by atoms with van der Waals surface area (Å²) in [6.45, 7) is 6.22. The topological polar surface area (TPSA) is 160 Å². The first kappa shape index (κ1) is 30.3. The molecule has 10 nitrogen and oxygen atoms in total. The predicted molar refractivity (Wildman–Crippen MR) is 161 cm³/mol. The van der Waals surface area contributed by atoms with Gasteiger partial charge in [-0.05, 0) is 79.3 Å². The number of aromatic carboxylic acids is 1. The van der Waals surface area contributed by atoms with Crippen LogP contribution >= 0.6 is 0 Å². The van der Waals surface area contributed by atoms with Crippen LogP contribution in [-0.2, 0) is 17.8 Å². The molecule has 0 spiro atoms. The number of nitrogens with two attached hydrogens (primary N) is 2. The first-order chi connectivity index (χ1) is 20.0. The Labute approximate surface area is 245 Å². The quantitative estimate of drug-likeness (QED) is 0.275. The standard InChI is InChI=1S/C32H37N5O5/c1-18-12-23(29(34)38)13-19(2)24(18)15-26(33)31(39)37(17-21-10-11-28(42-4)25(14-21)32(40)41)20(3)30-35-16-27(36-30)22-8-6-5-7-9-22/h5-14,20,26-27H,15-17,33H2,1-4H3,(H2,34,38)(H,35,36)(H,40,41)/t20-,26?,27?/m0/s1. The van der Waals surface area contributed by atoms with Crippen molar-refractivity contribution in [3.8, 4) is 5.75 Å². The van der Waals surface area contributed by atoms with E-state index in [1.54, 1.807) is 29.2 Å². The van der Waals surface area contributed by atoms with Gasteiger partial charge in [0, 0.05) is 12.1 Å². The number of methoxy groups -OCH3 is 1. The summed E-state index contributed by atoms with van der Waals surface area (Å²) in [5.74, 6) is -1.09. The van der Waals surface area contributed by atoms with Gasteiger partial charge in [0.2, 0.25) is 11.8 Å². The molecule has 0 saturated heterocycles. The molecule has 2 unspecified atom stereocenters. The number of carbonyl (C=O) groups excluding carboxylic acids is 2. The van der Waals surface area contributed by atoms with Crippen LogP contribution in [-0.4, -0.2) is 59.4 Å². The van der Waals surface area contributed by atoms with Gasteiger partial charge < -0.3 is 31.5 Å². The van der Waals surface area contributed by atoms with Gasteiger partial charge in [0.15, 0.2) is 0 Å². The molecule has 3 atom stereocenters. The summed E-state index contributed by atoms with van der Waals surface area (Å²) in [5, 5.41) is 13.2. The van der Waals surface area contributed by atoms with Crippen molar-refractivity contribution in [2.24, 2.45) is 16.5 Å². The Morgan fingerprint density at radius 2 is 1.76 bits per heavy atom. The minimum Gasteiger partial charge on any atom is -0.496 e. The molecule has 3 aromatic carbocycles. The fourth-order valence-corrected chi connectivity index (χ4v) is 5.33. The molecule has 0 bridgehead atoms. The molecule has 6 N–H and O–H groups in total. The number of nitrogens with zero attached hydrogens (tertiary/aromatic N) is 2. The zero-order valence-electron chi connectivity index (χ0n) is 24.3. The van der Waals surface area contributed by atoms with E-state index in [1.807, 2.05) is 51.1 Å². The summed E-state index contributed by atoms with van der Waals surface area (Å²) in [5.41, 5.74) is 16.6. The molecule has 4 rings (SSSR count). The van der Waals surface area contributed by atoms with Crippen LogP contribution in [0.3, 0.4) is 0 Å².